The van der Waals surface area contributed by atoms with E-state index >= 15 is 0 Å². The first kappa shape index (κ1) is 11.8. The highest BCUT2D eigenvalue weighted by molar-refractivity contribution is 8.23. The van der Waals surface area contributed by atoms with Crippen LogP contribution in [0.5, 0.6) is 0 Å². The molecule has 0 bridgehead atoms. The fourth-order valence-corrected chi connectivity index (χ4v) is 2.98. The van der Waals surface area contributed by atoms with E-state index in [0.29, 0.717) is 0 Å². The standard InChI is InChI=1S/C10H16N2S2/c1-10(2,8-11)14-9(13)12-6-4-3-5-7-12/h3-7H2,1-2H3. The Hall–Kier alpha value is -0.270. The number of hydrogen-bond acceptors (Lipinski definition) is 3. The molecule has 0 radical (unpaired) electrons. The van der Waals surface area contributed by atoms with E-state index in [9.17, 15) is 0 Å². The van der Waals surface area contributed by atoms with Gasteiger partial charge in [-0.15, -0.1) is 0 Å². The van der Waals surface area contributed by atoms with E-state index in [1.807, 2.05) is 13.8 Å². The average molecular weight is 228 g/mol. The first-order chi connectivity index (χ1) is 6.55. The van der Waals surface area contributed by atoms with E-state index < -0.39 is 4.75 Å². The molecule has 14 heavy (non-hydrogen) atoms. The van der Waals surface area contributed by atoms with Crippen molar-refractivity contribution in [2.24, 2.45) is 0 Å². The molecule has 0 atom stereocenters. The Morgan fingerprint density at radius 1 is 1.36 bits per heavy atom. The summed E-state index contributed by atoms with van der Waals surface area (Å²) in [5, 5.41) is 8.89. The Bertz CT molecular complexity index is 249. The summed E-state index contributed by atoms with van der Waals surface area (Å²) >= 11 is 6.83. The Balaban J connectivity index is 2.45. The fourth-order valence-electron chi connectivity index (χ4n) is 1.38. The van der Waals surface area contributed by atoms with Crippen LogP contribution in [0.2, 0.25) is 0 Å². The molecule has 78 valence electrons. The van der Waals surface area contributed by atoms with Crippen molar-refractivity contribution >= 4 is 28.3 Å². The summed E-state index contributed by atoms with van der Waals surface area (Å²) in [6.07, 6.45) is 3.77. The summed E-state index contributed by atoms with van der Waals surface area (Å²) in [5.41, 5.74) is 0. The van der Waals surface area contributed by atoms with E-state index in [1.165, 1.54) is 31.0 Å². The molecule has 1 heterocycles. The van der Waals surface area contributed by atoms with Crippen molar-refractivity contribution in [1.29, 1.82) is 5.26 Å². The van der Waals surface area contributed by atoms with Gasteiger partial charge in [0.15, 0.2) is 0 Å². The first-order valence-electron chi connectivity index (χ1n) is 4.94. The minimum atomic E-state index is -0.394. The van der Waals surface area contributed by atoms with Crippen LogP contribution in [0.25, 0.3) is 0 Å². The second-order valence-corrected chi connectivity index (χ2v) is 6.29. The van der Waals surface area contributed by atoms with Crippen molar-refractivity contribution in [3.05, 3.63) is 0 Å². The maximum Gasteiger partial charge on any atom is 0.137 e. The van der Waals surface area contributed by atoms with Gasteiger partial charge in [0.1, 0.15) is 9.07 Å². The topological polar surface area (TPSA) is 27.0 Å². The van der Waals surface area contributed by atoms with Crippen molar-refractivity contribution < 1.29 is 0 Å². The number of thiocarbonyl (C=S) groups is 1. The molecule has 1 fully saturated rings. The fraction of sp³-hybridized carbons (Fsp3) is 0.800. The van der Waals surface area contributed by atoms with Gasteiger partial charge in [-0.05, 0) is 33.1 Å². The van der Waals surface area contributed by atoms with Gasteiger partial charge in [-0.2, -0.15) is 5.26 Å². The molecule has 0 N–H and O–H groups in total. The number of piperidine rings is 1. The first-order valence-corrected chi connectivity index (χ1v) is 6.17. The monoisotopic (exact) mass is 228 g/mol. The largest absolute Gasteiger partial charge is 0.357 e. The molecule has 0 aliphatic carbocycles. The number of rotatable bonds is 1. The lowest BCUT2D eigenvalue weighted by Crippen LogP contribution is -2.34. The minimum absolute atomic E-state index is 0.394. The van der Waals surface area contributed by atoms with Crippen LogP contribution in [-0.4, -0.2) is 27.1 Å². The number of hydrogen-bond donors (Lipinski definition) is 0. The normalized spacial score (nSPS) is 17.6. The van der Waals surface area contributed by atoms with E-state index in [2.05, 4.69) is 11.0 Å². The average Bonchev–Trinajstić information content (AvgIpc) is 2.19. The summed E-state index contributed by atoms with van der Waals surface area (Å²) in [5.74, 6) is 0. The van der Waals surface area contributed by atoms with Crippen molar-refractivity contribution in [1.82, 2.24) is 4.90 Å². The molecule has 1 saturated heterocycles. The van der Waals surface area contributed by atoms with Crippen LogP contribution in [0, 0.1) is 11.3 Å². The van der Waals surface area contributed by atoms with Gasteiger partial charge in [0, 0.05) is 13.1 Å². The third kappa shape index (κ3) is 3.47. The highest BCUT2D eigenvalue weighted by Crippen LogP contribution is 2.27. The summed E-state index contributed by atoms with van der Waals surface area (Å²) in [6.45, 7) is 5.95. The van der Waals surface area contributed by atoms with Crippen LogP contribution in [0.1, 0.15) is 33.1 Å². The van der Waals surface area contributed by atoms with Crippen molar-refractivity contribution in [3.63, 3.8) is 0 Å². The van der Waals surface area contributed by atoms with E-state index in [-0.39, 0.29) is 0 Å². The second-order valence-electron chi connectivity index (χ2n) is 4.04. The Morgan fingerprint density at radius 3 is 2.43 bits per heavy atom. The molecular weight excluding hydrogens is 212 g/mol. The van der Waals surface area contributed by atoms with Crippen molar-refractivity contribution in [3.8, 4) is 6.07 Å². The van der Waals surface area contributed by atoms with Crippen LogP contribution < -0.4 is 0 Å². The zero-order valence-corrected chi connectivity index (χ0v) is 10.4. The molecule has 1 aliphatic rings. The van der Waals surface area contributed by atoms with E-state index in [4.69, 9.17) is 17.5 Å². The quantitative estimate of drug-likeness (QED) is 0.645. The number of likely N-dealkylation sites (tertiary alicyclic amines) is 1. The highest BCUT2D eigenvalue weighted by Gasteiger charge is 2.23. The molecule has 4 heteroatoms. The zero-order chi connectivity index (χ0) is 10.6. The van der Waals surface area contributed by atoms with Gasteiger partial charge < -0.3 is 4.90 Å². The molecule has 0 unspecified atom stereocenters. The summed E-state index contributed by atoms with van der Waals surface area (Å²) in [6, 6.07) is 2.26. The third-order valence-corrected chi connectivity index (χ3v) is 3.77. The molecule has 0 spiro atoms. The van der Waals surface area contributed by atoms with Gasteiger partial charge in [-0.3, -0.25) is 0 Å². The highest BCUT2D eigenvalue weighted by atomic mass is 32.2. The molecule has 0 aromatic carbocycles. The van der Waals surface area contributed by atoms with Crippen LogP contribution in [0.4, 0.5) is 0 Å². The zero-order valence-electron chi connectivity index (χ0n) is 8.75. The van der Waals surface area contributed by atoms with Gasteiger partial charge in [0.05, 0.1) is 6.07 Å². The number of thioether (sulfide) groups is 1. The third-order valence-electron chi connectivity index (χ3n) is 2.23. The minimum Gasteiger partial charge on any atom is -0.357 e. The Morgan fingerprint density at radius 2 is 1.93 bits per heavy atom. The maximum atomic E-state index is 8.89. The Kier molecular flexibility index (Phi) is 4.21. The molecule has 1 rings (SSSR count). The molecule has 2 nitrogen and oxygen atoms in total. The smallest absolute Gasteiger partial charge is 0.137 e. The molecule has 0 amide bonds. The predicted octanol–water partition coefficient (Wildman–Crippen LogP) is 2.79. The number of nitriles is 1. The predicted molar refractivity (Wildman–Crippen MR) is 65.3 cm³/mol. The van der Waals surface area contributed by atoms with Crippen molar-refractivity contribution in [2.45, 2.75) is 37.9 Å². The molecular formula is C10H16N2S2. The Labute approximate surface area is 95.7 Å². The van der Waals surface area contributed by atoms with Crippen LogP contribution in [0.15, 0.2) is 0 Å². The molecule has 0 aromatic rings. The van der Waals surface area contributed by atoms with Gasteiger partial charge in [0.25, 0.3) is 0 Å². The lowest BCUT2D eigenvalue weighted by atomic mass is 10.1. The molecule has 0 saturated carbocycles. The summed E-state index contributed by atoms with van der Waals surface area (Å²) in [4.78, 5) is 2.22. The lowest BCUT2D eigenvalue weighted by Gasteiger charge is -2.30. The van der Waals surface area contributed by atoms with Crippen LogP contribution >= 0.6 is 24.0 Å². The number of nitrogens with zero attached hydrogens (tertiary/aromatic N) is 2. The van der Waals surface area contributed by atoms with Crippen LogP contribution in [-0.2, 0) is 0 Å². The molecule has 1 aliphatic heterocycles. The van der Waals surface area contributed by atoms with Crippen LogP contribution in [0.3, 0.4) is 0 Å². The SMILES string of the molecule is CC(C)(C#N)SC(=S)N1CCCCC1. The second kappa shape index (κ2) is 4.99. The van der Waals surface area contributed by atoms with E-state index in [0.717, 1.165) is 17.4 Å². The lowest BCUT2D eigenvalue weighted by molar-refractivity contribution is 0.352. The summed E-state index contributed by atoms with van der Waals surface area (Å²) in [7, 11) is 0. The molecule has 0 aromatic heterocycles. The van der Waals surface area contributed by atoms with Gasteiger partial charge in [-0.25, -0.2) is 0 Å². The summed E-state index contributed by atoms with van der Waals surface area (Å²) < 4.78 is 0.491. The van der Waals surface area contributed by atoms with Gasteiger partial charge in [-0.1, -0.05) is 24.0 Å². The van der Waals surface area contributed by atoms with Gasteiger partial charge >= 0.3 is 0 Å². The van der Waals surface area contributed by atoms with Crippen molar-refractivity contribution in [2.75, 3.05) is 13.1 Å². The van der Waals surface area contributed by atoms with Gasteiger partial charge in [0.2, 0.25) is 0 Å². The maximum absolute atomic E-state index is 8.89. The van der Waals surface area contributed by atoms with E-state index in [1.54, 1.807) is 0 Å².